The summed E-state index contributed by atoms with van der Waals surface area (Å²) in [5, 5.41) is 9.33. The van der Waals surface area contributed by atoms with Crippen molar-refractivity contribution in [1.29, 1.82) is 0 Å². The molecule has 0 saturated carbocycles. The van der Waals surface area contributed by atoms with Crippen molar-refractivity contribution in [3.05, 3.63) is 0 Å². The number of rotatable bonds is 12. The fourth-order valence-corrected chi connectivity index (χ4v) is 1.54. The molecule has 0 aromatic carbocycles. The molecular weight excluding hydrogens is 387 g/mol. The van der Waals surface area contributed by atoms with E-state index in [0.29, 0.717) is 0 Å². The first kappa shape index (κ1) is 24.0. The fraction of sp³-hybridized carbons (Fsp3) is 1.00. The Kier molecular flexibility index (Phi) is 13.9. The van der Waals surface area contributed by atoms with Gasteiger partial charge in [0.25, 0.3) is 0 Å². The van der Waals surface area contributed by atoms with E-state index in [-0.39, 0.29) is 59.1 Å². The van der Waals surface area contributed by atoms with E-state index in [2.05, 4.69) is 9.05 Å². The largest absolute Gasteiger partial charge is 2.00 e. The maximum atomic E-state index is 10.3. The van der Waals surface area contributed by atoms with Crippen LogP contribution < -0.4 is 0 Å². The summed E-state index contributed by atoms with van der Waals surface area (Å²) in [6, 6.07) is 0. The van der Waals surface area contributed by atoms with E-state index in [9.17, 15) is 14.2 Å². The molecular formula is C7H18O11P2Zn+2. The smallest absolute Gasteiger partial charge is 0.388 e. The van der Waals surface area contributed by atoms with Crippen LogP contribution in [0, 0.1) is 0 Å². The summed E-state index contributed by atoms with van der Waals surface area (Å²) in [5.41, 5.74) is 0. The molecule has 21 heavy (non-hydrogen) atoms. The number of aliphatic hydroxyl groups excluding tert-OH is 1. The van der Waals surface area contributed by atoms with Gasteiger partial charge in [-0.25, -0.2) is 9.13 Å². The number of hydrogen-bond acceptors (Lipinski definition) is 7. The Labute approximate surface area is 133 Å². The standard InChI is InChI=1S/C7H18O11P2.Zn/c8-7(5-15-1-3-17-19(9,10)11)6-16-2-4-18-20(12,13)14;/h7-8H,1-6H2,(H2,9,10,11)(H2,12,13,14);/q;+2. The van der Waals surface area contributed by atoms with Crippen molar-refractivity contribution in [3.8, 4) is 0 Å². The molecule has 11 nitrogen and oxygen atoms in total. The molecule has 0 radical (unpaired) electrons. The summed E-state index contributed by atoms with van der Waals surface area (Å²) < 4.78 is 38.4. The second kappa shape index (κ2) is 12.2. The second-order valence-corrected chi connectivity index (χ2v) is 5.93. The molecule has 0 aromatic rings. The minimum absolute atomic E-state index is 0. The van der Waals surface area contributed by atoms with E-state index < -0.39 is 21.7 Å². The summed E-state index contributed by atoms with van der Waals surface area (Å²) in [6.07, 6.45) is -1.000. The van der Waals surface area contributed by atoms with Crippen molar-refractivity contribution in [2.75, 3.05) is 39.6 Å². The van der Waals surface area contributed by atoms with Gasteiger partial charge >= 0.3 is 35.1 Å². The van der Waals surface area contributed by atoms with Crippen LogP contribution in [-0.4, -0.2) is 70.4 Å². The quantitative estimate of drug-likeness (QED) is 0.147. The minimum atomic E-state index is -4.51. The van der Waals surface area contributed by atoms with Crippen molar-refractivity contribution in [2.45, 2.75) is 6.10 Å². The van der Waals surface area contributed by atoms with E-state index in [1.807, 2.05) is 0 Å². The van der Waals surface area contributed by atoms with Crippen LogP contribution >= 0.6 is 15.6 Å². The first-order chi connectivity index (χ1) is 9.10. The van der Waals surface area contributed by atoms with Gasteiger partial charge in [0.1, 0.15) is 6.10 Å². The summed E-state index contributed by atoms with van der Waals surface area (Å²) in [4.78, 5) is 33.4. The molecule has 0 amide bonds. The summed E-state index contributed by atoms with van der Waals surface area (Å²) in [6.45, 7) is -1.19. The Morgan fingerprint density at radius 2 is 1.10 bits per heavy atom. The van der Waals surface area contributed by atoms with Gasteiger partial charge in [-0.15, -0.1) is 0 Å². The van der Waals surface area contributed by atoms with Crippen LogP contribution in [0.15, 0.2) is 0 Å². The number of phosphoric ester groups is 2. The topological polar surface area (TPSA) is 172 Å². The summed E-state index contributed by atoms with van der Waals surface area (Å²) >= 11 is 0. The number of aliphatic hydroxyl groups is 1. The molecule has 0 aromatic heterocycles. The molecule has 0 bridgehead atoms. The molecule has 5 N–H and O–H groups in total. The van der Waals surface area contributed by atoms with Crippen LogP contribution in [-0.2, 0) is 47.1 Å². The normalized spacial score (nSPS) is 12.5. The zero-order valence-corrected chi connectivity index (χ0v) is 15.9. The fourth-order valence-electron chi connectivity index (χ4n) is 0.917. The van der Waals surface area contributed by atoms with Crippen molar-refractivity contribution in [1.82, 2.24) is 0 Å². The molecule has 0 saturated heterocycles. The molecule has 0 spiro atoms. The first-order valence-corrected chi connectivity index (χ1v) is 8.40. The van der Waals surface area contributed by atoms with Crippen LogP contribution in [0.4, 0.5) is 0 Å². The van der Waals surface area contributed by atoms with Crippen molar-refractivity contribution in [2.24, 2.45) is 0 Å². The van der Waals surface area contributed by atoms with Crippen LogP contribution in [0.1, 0.15) is 0 Å². The van der Waals surface area contributed by atoms with Gasteiger partial charge in [-0.1, -0.05) is 0 Å². The van der Waals surface area contributed by atoms with E-state index >= 15 is 0 Å². The third kappa shape index (κ3) is 20.7. The van der Waals surface area contributed by atoms with Gasteiger partial charge < -0.3 is 34.2 Å². The van der Waals surface area contributed by atoms with Crippen LogP contribution in [0.25, 0.3) is 0 Å². The second-order valence-electron chi connectivity index (χ2n) is 3.45. The van der Waals surface area contributed by atoms with Crippen molar-refractivity contribution >= 4 is 15.6 Å². The Hall–Kier alpha value is 0.723. The predicted molar refractivity (Wildman–Crippen MR) is 63.6 cm³/mol. The Morgan fingerprint density at radius 1 is 0.762 bits per heavy atom. The first-order valence-electron chi connectivity index (χ1n) is 5.34. The third-order valence-electron chi connectivity index (χ3n) is 1.59. The van der Waals surface area contributed by atoms with Gasteiger partial charge in [0.2, 0.25) is 0 Å². The summed E-state index contributed by atoms with van der Waals surface area (Å²) in [7, 11) is -9.03. The zero-order chi connectivity index (χ0) is 15.6. The van der Waals surface area contributed by atoms with E-state index in [0.717, 1.165) is 0 Å². The van der Waals surface area contributed by atoms with Crippen LogP contribution in [0.3, 0.4) is 0 Å². The molecule has 0 fully saturated rings. The average Bonchev–Trinajstić information content (AvgIpc) is 2.25. The van der Waals surface area contributed by atoms with Gasteiger partial charge in [-0.05, 0) is 0 Å². The molecule has 0 aliphatic rings. The average molecular weight is 406 g/mol. The maximum Gasteiger partial charge on any atom is 2.00 e. The Bertz CT molecular complexity index is 309. The van der Waals surface area contributed by atoms with Crippen LogP contribution in [0.2, 0.25) is 0 Å². The third-order valence-corrected chi connectivity index (χ3v) is 2.63. The molecule has 0 aliphatic heterocycles. The van der Waals surface area contributed by atoms with Gasteiger partial charge in [0, 0.05) is 0 Å². The molecule has 0 heterocycles. The Morgan fingerprint density at radius 3 is 1.38 bits per heavy atom. The van der Waals surface area contributed by atoms with Gasteiger partial charge in [-0.3, -0.25) is 9.05 Å². The SMILES string of the molecule is O=P(O)(O)OCCOCC(O)COCCOP(=O)(O)O.[Zn+2]. The molecule has 122 valence electrons. The summed E-state index contributed by atoms with van der Waals surface area (Å²) in [5.74, 6) is 0. The molecule has 0 rings (SSSR count). The van der Waals surface area contributed by atoms with E-state index in [4.69, 9.17) is 29.0 Å². The Balaban J connectivity index is 0. The molecule has 0 unspecified atom stereocenters. The van der Waals surface area contributed by atoms with Crippen molar-refractivity contribution in [3.63, 3.8) is 0 Å². The molecule has 0 atom stereocenters. The zero-order valence-electron chi connectivity index (χ0n) is 11.1. The van der Waals surface area contributed by atoms with Gasteiger partial charge in [0.15, 0.2) is 0 Å². The predicted octanol–water partition coefficient (Wildman–Crippen LogP) is -1.40. The van der Waals surface area contributed by atoms with Gasteiger partial charge in [-0.2, -0.15) is 0 Å². The minimum Gasteiger partial charge on any atom is -0.388 e. The van der Waals surface area contributed by atoms with Gasteiger partial charge in [0.05, 0.1) is 39.6 Å². The van der Waals surface area contributed by atoms with Crippen molar-refractivity contribution < 1.29 is 71.8 Å². The number of ether oxygens (including phenoxy) is 2. The monoisotopic (exact) mass is 404 g/mol. The van der Waals surface area contributed by atoms with Crippen LogP contribution in [0.5, 0.6) is 0 Å². The van der Waals surface area contributed by atoms with E-state index in [1.165, 1.54) is 0 Å². The number of hydrogen-bond donors (Lipinski definition) is 5. The number of phosphoric acid groups is 2. The maximum absolute atomic E-state index is 10.3. The molecule has 14 heteroatoms. The molecule has 0 aliphatic carbocycles. The van der Waals surface area contributed by atoms with E-state index in [1.54, 1.807) is 0 Å².